The molecule has 1 unspecified atom stereocenters. The summed E-state index contributed by atoms with van der Waals surface area (Å²) in [4.78, 5) is 33.0. The summed E-state index contributed by atoms with van der Waals surface area (Å²) in [6.45, 7) is 5.06. The Labute approximate surface area is 88.4 Å². The largest absolute Gasteiger partial charge is 0.370 e. The van der Waals surface area contributed by atoms with Crippen molar-refractivity contribution in [2.45, 2.75) is 33.2 Å². The van der Waals surface area contributed by atoms with E-state index in [0.29, 0.717) is 0 Å². The van der Waals surface area contributed by atoms with E-state index in [0.717, 1.165) is 0 Å². The number of rotatable bonds is 4. The molecule has 6 nitrogen and oxygen atoms in total. The molecule has 0 aliphatic heterocycles. The SMILES string of the molecule is CC(C)(C)C(=O)NC(CC(N)=O)C(N)=O. The minimum Gasteiger partial charge on any atom is -0.370 e. The van der Waals surface area contributed by atoms with E-state index in [4.69, 9.17) is 11.5 Å². The normalized spacial score (nSPS) is 13.0. The molecule has 6 heteroatoms. The number of primary amides is 2. The summed E-state index contributed by atoms with van der Waals surface area (Å²) < 4.78 is 0. The molecule has 0 spiro atoms. The molecular weight excluding hydrogens is 198 g/mol. The Morgan fingerprint density at radius 3 is 1.93 bits per heavy atom. The van der Waals surface area contributed by atoms with Gasteiger partial charge in [-0.1, -0.05) is 20.8 Å². The lowest BCUT2D eigenvalue weighted by atomic mass is 9.95. The summed E-state index contributed by atoms with van der Waals surface area (Å²) in [5.74, 6) is -1.81. The van der Waals surface area contributed by atoms with Gasteiger partial charge in [0.15, 0.2) is 0 Å². The van der Waals surface area contributed by atoms with Crippen LogP contribution in [0.4, 0.5) is 0 Å². The summed E-state index contributed by atoms with van der Waals surface area (Å²) in [6, 6.07) is -1.03. The third-order valence-corrected chi connectivity index (χ3v) is 1.74. The van der Waals surface area contributed by atoms with Crippen LogP contribution in [0.3, 0.4) is 0 Å². The van der Waals surface area contributed by atoms with Gasteiger partial charge in [-0.3, -0.25) is 14.4 Å². The summed E-state index contributed by atoms with van der Waals surface area (Å²) in [6.07, 6.45) is -0.281. The van der Waals surface area contributed by atoms with Crippen LogP contribution in [0.1, 0.15) is 27.2 Å². The fourth-order valence-corrected chi connectivity index (χ4v) is 0.799. The van der Waals surface area contributed by atoms with Crippen LogP contribution in [0.25, 0.3) is 0 Å². The van der Waals surface area contributed by atoms with Crippen LogP contribution in [0.2, 0.25) is 0 Å². The second kappa shape index (κ2) is 4.77. The first kappa shape index (κ1) is 13.4. The van der Waals surface area contributed by atoms with Gasteiger partial charge in [0.2, 0.25) is 17.7 Å². The first-order valence-electron chi connectivity index (χ1n) is 4.53. The number of hydrogen-bond donors (Lipinski definition) is 3. The highest BCUT2D eigenvalue weighted by Gasteiger charge is 2.27. The summed E-state index contributed by atoms with van der Waals surface area (Å²) in [5.41, 5.74) is 9.29. The smallest absolute Gasteiger partial charge is 0.240 e. The number of nitrogens with two attached hydrogens (primary N) is 2. The van der Waals surface area contributed by atoms with Crippen molar-refractivity contribution in [1.29, 1.82) is 0 Å². The van der Waals surface area contributed by atoms with Gasteiger partial charge in [0.05, 0.1) is 6.42 Å². The Kier molecular flexibility index (Phi) is 4.26. The zero-order valence-corrected chi connectivity index (χ0v) is 9.16. The molecule has 0 bridgehead atoms. The Morgan fingerprint density at radius 1 is 1.20 bits per heavy atom. The Morgan fingerprint density at radius 2 is 1.67 bits per heavy atom. The summed E-state index contributed by atoms with van der Waals surface area (Å²) in [7, 11) is 0. The molecule has 86 valence electrons. The first-order valence-corrected chi connectivity index (χ1v) is 4.53. The molecule has 0 heterocycles. The molecule has 0 saturated carbocycles. The molecule has 1 atom stereocenters. The molecule has 0 aliphatic carbocycles. The van der Waals surface area contributed by atoms with Crippen LogP contribution in [0.15, 0.2) is 0 Å². The van der Waals surface area contributed by atoms with Crippen LogP contribution < -0.4 is 16.8 Å². The van der Waals surface area contributed by atoms with E-state index in [1.807, 2.05) is 0 Å². The molecule has 0 aromatic rings. The van der Waals surface area contributed by atoms with Gasteiger partial charge in [0, 0.05) is 5.41 Å². The fraction of sp³-hybridized carbons (Fsp3) is 0.667. The van der Waals surface area contributed by atoms with E-state index < -0.39 is 23.3 Å². The quantitative estimate of drug-likeness (QED) is 0.551. The van der Waals surface area contributed by atoms with Gasteiger partial charge < -0.3 is 16.8 Å². The third-order valence-electron chi connectivity index (χ3n) is 1.74. The van der Waals surface area contributed by atoms with Gasteiger partial charge in [0.25, 0.3) is 0 Å². The maximum Gasteiger partial charge on any atom is 0.240 e. The number of nitrogens with one attached hydrogen (secondary N) is 1. The molecule has 0 aromatic heterocycles. The van der Waals surface area contributed by atoms with E-state index in [2.05, 4.69) is 5.32 Å². The minimum absolute atomic E-state index is 0.281. The number of carbonyl (C=O) groups is 3. The molecule has 5 N–H and O–H groups in total. The Balaban J connectivity index is 4.50. The second-order valence-electron chi connectivity index (χ2n) is 4.35. The second-order valence-corrected chi connectivity index (χ2v) is 4.35. The molecule has 0 aromatic carbocycles. The van der Waals surface area contributed by atoms with Gasteiger partial charge in [0.1, 0.15) is 6.04 Å². The minimum atomic E-state index is -1.03. The number of amides is 3. The van der Waals surface area contributed by atoms with Crippen LogP contribution >= 0.6 is 0 Å². The van der Waals surface area contributed by atoms with Gasteiger partial charge in [-0.25, -0.2) is 0 Å². The van der Waals surface area contributed by atoms with E-state index in [-0.39, 0.29) is 12.3 Å². The van der Waals surface area contributed by atoms with Crippen molar-refractivity contribution in [3.8, 4) is 0 Å². The van der Waals surface area contributed by atoms with Crippen molar-refractivity contribution in [1.82, 2.24) is 5.32 Å². The monoisotopic (exact) mass is 215 g/mol. The highest BCUT2D eigenvalue weighted by Crippen LogP contribution is 2.13. The van der Waals surface area contributed by atoms with Crippen molar-refractivity contribution >= 4 is 17.7 Å². The molecular formula is C9H17N3O3. The topological polar surface area (TPSA) is 115 Å². The lowest BCUT2D eigenvalue weighted by Crippen LogP contribution is -2.49. The van der Waals surface area contributed by atoms with Crippen molar-refractivity contribution < 1.29 is 14.4 Å². The number of hydrogen-bond acceptors (Lipinski definition) is 3. The van der Waals surface area contributed by atoms with Crippen LogP contribution in [-0.4, -0.2) is 23.8 Å². The Hall–Kier alpha value is -1.59. The van der Waals surface area contributed by atoms with Crippen molar-refractivity contribution in [2.75, 3.05) is 0 Å². The van der Waals surface area contributed by atoms with Crippen LogP contribution in [0.5, 0.6) is 0 Å². The summed E-state index contributed by atoms with van der Waals surface area (Å²) in [5, 5.41) is 2.37. The van der Waals surface area contributed by atoms with Gasteiger partial charge >= 0.3 is 0 Å². The molecule has 0 rings (SSSR count). The summed E-state index contributed by atoms with van der Waals surface area (Å²) >= 11 is 0. The average molecular weight is 215 g/mol. The van der Waals surface area contributed by atoms with E-state index in [9.17, 15) is 14.4 Å². The van der Waals surface area contributed by atoms with E-state index >= 15 is 0 Å². The van der Waals surface area contributed by atoms with Crippen molar-refractivity contribution in [3.63, 3.8) is 0 Å². The van der Waals surface area contributed by atoms with Gasteiger partial charge in [-0.05, 0) is 0 Å². The molecule has 3 amide bonds. The highest BCUT2D eigenvalue weighted by molar-refractivity contribution is 5.92. The van der Waals surface area contributed by atoms with Gasteiger partial charge in [-0.15, -0.1) is 0 Å². The van der Waals surface area contributed by atoms with E-state index in [1.54, 1.807) is 20.8 Å². The van der Waals surface area contributed by atoms with Crippen LogP contribution in [0, 0.1) is 5.41 Å². The average Bonchev–Trinajstić information content (AvgIpc) is 1.99. The lowest BCUT2D eigenvalue weighted by Gasteiger charge is -2.21. The maximum atomic E-state index is 11.5. The van der Waals surface area contributed by atoms with E-state index in [1.165, 1.54) is 0 Å². The molecule has 0 saturated heterocycles. The predicted octanol–water partition coefficient (Wildman–Crippen LogP) is -1.12. The van der Waals surface area contributed by atoms with Crippen molar-refractivity contribution in [2.24, 2.45) is 16.9 Å². The van der Waals surface area contributed by atoms with Crippen LogP contribution in [-0.2, 0) is 14.4 Å². The van der Waals surface area contributed by atoms with Gasteiger partial charge in [-0.2, -0.15) is 0 Å². The zero-order chi connectivity index (χ0) is 12.2. The molecule has 0 radical (unpaired) electrons. The fourth-order valence-electron chi connectivity index (χ4n) is 0.799. The number of carbonyl (C=O) groups excluding carboxylic acids is 3. The molecule has 15 heavy (non-hydrogen) atoms. The zero-order valence-electron chi connectivity index (χ0n) is 9.16. The molecule has 0 fully saturated rings. The Bertz CT molecular complexity index is 281. The van der Waals surface area contributed by atoms with Crippen molar-refractivity contribution in [3.05, 3.63) is 0 Å². The third kappa shape index (κ3) is 4.99. The molecule has 0 aliphatic rings. The standard InChI is InChI=1S/C9H17N3O3/c1-9(2,3)8(15)12-5(7(11)14)4-6(10)13/h5H,4H2,1-3H3,(H2,10,13)(H2,11,14)(H,12,15). The highest BCUT2D eigenvalue weighted by atomic mass is 16.2. The predicted molar refractivity (Wildman–Crippen MR) is 54.4 cm³/mol. The maximum absolute atomic E-state index is 11.5. The first-order chi connectivity index (χ1) is 6.64. The lowest BCUT2D eigenvalue weighted by molar-refractivity contribution is -0.133.